The fourth-order valence-electron chi connectivity index (χ4n) is 4.18. The van der Waals surface area contributed by atoms with Gasteiger partial charge >= 0.3 is 6.18 Å². The molecule has 0 bridgehead atoms. The van der Waals surface area contributed by atoms with Crippen LogP contribution in [-0.2, 0) is 27.4 Å². The maximum atomic E-state index is 14.8. The Morgan fingerprint density at radius 3 is 2.43 bits per heavy atom. The van der Waals surface area contributed by atoms with Crippen molar-refractivity contribution in [2.75, 3.05) is 17.8 Å². The zero-order valence-electron chi connectivity index (χ0n) is 19.1. The molecule has 1 aliphatic carbocycles. The molecule has 4 rings (SSSR count). The number of carbonyl (C=O) groups is 2. The Morgan fingerprint density at radius 2 is 1.86 bits per heavy atom. The third-order valence-corrected chi connectivity index (χ3v) is 8.05. The molecule has 7 nitrogen and oxygen atoms in total. The second-order valence-electron chi connectivity index (χ2n) is 8.93. The fraction of sp³-hybridized carbons (Fsp3) is 0.391. The number of anilines is 1. The Morgan fingerprint density at radius 1 is 1.22 bits per heavy atom. The van der Waals surface area contributed by atoms with Crippen molar-refractivity contribution < 1.29 is 49.1 Å². The van der Waals surface area contributed by atoms with Crippen molar-refractivity contribution in [3.05, 3.63) is 52.8 Å². The number of rotatable bonds is 6. The van der Waals surface area contributed by atoms with E-state index in [2.05, 4.69) is 0 Å². The molecule has 1 aliphatic heterocycles. The molecule has 1 heterocycles. The van der Waals surface area contributed by atoms with Gasteiger partial charge in [0.05, 0.1) is 47.2 Å². The SMILES string of the molecule is COc1ccc(CN2C(=O)[C@@H](N)CS(=O)(=O)c3cc(F)c(C(=O)CC4CC4(F)F)cc32)cc1C(F)(F)F. The highest BCUT2D eigenvalue weighted by Gasteiger charge is 2.57. The van der Waals surface area contributed by atoms with Crippen molar-refractivity contribution in [3.63, 3.8) is 0 Å². The van der Waals surface area contributed by atoms with Gasteiger partial charge in [-0.2, -0.15) is 13.2 Å². The van der Waals surface area contributed by atoms with E-state index in [1.807, 2.05) is 0 Å². The van der Waals surface area contributed by atoms with E-state index in [1.165, 1.54) is 6.07 Å². The molecule has 1 fully saturated rings. The average Bonchev–Trinajstić information content (AvgIpc) is 3.41. The number of halogens is 6. The van der Waals surface area contributed by atoms with Crippen LogP contribution in [0.1, 0.15) is 34.3 Å². The van der Waals surface area contributed by atoms with Crippen molar-refractivity contribution in [2.45, 2.75) is 42.4 Å². The summed E-state index contributed by atoms with van der Waals surface area (Å²) in [5.41, 5.74) is 3.27. The van der Waals surface area contributed by atoms with Crippen LogP contribution < -0.4 is 15.4 Å². The first-order valence-electron chi connectivity index (χ1n) is 10.8. The minimum absolute atomic E-state index is 0.103. The van der Waals surface area contributed by atoms with E-state index in [-0.39, 0.29) is 5.56 Å². The first-order chi connectivity index (χ1) is 17.0. The van der Waals surface area contributed by atoms with Gasteiger partial charge in [-0.15, -0.1) is 0 Å². The topological polar surface area (TPSA) is 107 Å². The summed E-state index contributed by atoms with van der Waals surface area (Å²) in [5.74, 6) is -9.14. The number of nitrogens with zero attached hydrogens (tertiary/aromatic N) is 1. The van der Waals surface area contributed by atoms with E-state index in [0.717, 1.165) is 24.1 Å². The number of nitrogens with two attached hydrogens (primary N) is 1. The molecule has 2 aromatic rings. The Balaban J connectivity index is 1.81. The summed E-state index contributed by atoms with van der Waals surface area (Å²) in [6.07, 6.45) is -6.09. The Bertz CT molecular complexity index is 1390. The van der Waals surface area contributed by atoms with E-state index < -0.39 is 104 Å². The highest BCUT2D eigenvalue weighted by molar-refractivity contribution is 7.91. The van der Waals surface area contributed by atoms with Crippen LogP contribution in [0.4, 0.5) is 32.0 Å². The maximum absolute atomic E-state index is 14.8. The quantitative estimate of drug-likeness (QED) is 0.434. The number of alkyl halides is 5. The molecule has 0 radical (unpaired) electrons. The second-order valence-corrected chi connectivity index (χ2v) is 10.9. The molecular formula is C23H20F6N2O5S. The van der Waals surface area contributed by atoms with E-state index in [1.54, 1.807) is 0 Å². The van der Waals surface area contributed by atoms with Crippen LogP contribution in [0.2, 0.25) is 0 Å². The van der Waals surface area contributed by atoms with Gasteiger partial charge in [-0.3, -0.25) is 9.59 Å². The predicted octanol–water partition coefficient (Wildman–Crippen LogP) is 3.73. The van der Waals surface area contributed by atoms with E-state index in [0.29, 0.717) is 12.1 Å². The number of amides is 1. The van der Waals surface area contributed by atoms with Gasteiger partial charge in [0.25, 0.3) is 5.92 Å². The standard InChI is InChI=1S/C23H20F6N2O5S/c1-36-19-3-2-11(4-14(19)23(27,28)29)9-31-17-6-13(18(32)5-12-8-22(12,25)26)15(24)7-20(17)37(34,35)10-16(30)21(31)33/h2-4,6-7,12,16H,5,8-10,30H2,1H3/t12?,16-/m0/s1. The van der Waals surface area contributed by atoms with Gasteiger partial charge in [0.1, 0.15) is 11.6 Å². The smallest absolute Gasteiger partial charge is 0.419 e. The van der Waals surface area contributed by atoms with Crippen molar-refractivity contribution in [1.29, 1.82) is 0 Å². The lowest BCUT2D eigenvalue weighted by molar-refractivity contribution is -0.138. The van der Waals surface area contributed by atoms with Crippen LogP contribution in [0.25, 0.3) is 0 Å². The number of Topliss-reactive ketones (excluding diaryl/α,β-unsaturated/α-hetero) is 1. The lowest BCUT2D eigenvalue weighted by Crippen LogP contribution is -2.45. The zero-order valence-corrected chi connectivity index (χ0v) is 19.9. The lowest BCUT2D eigenvalue weighted by Gasteiger charge is -2.25. The highest BCUT2D eigenvalue weighted by atomic mass is 32.2. The molecule has 2 atom stereocenters. The highest BCUT2D eigenvalue weighted by Crippen LogP contribution is 2.51. The molecular weight excluding hydrogens is 530 g/mol. The monoisotopic (exact) mass is 550 g/mol. The summed E-state index contributed by atoms with van der Waals surface area (Å²) in [6, 6.07) is 2.50. The Labute approximate surface area is 207 Å². The number of benzene rings is 2. The summed E-state index contributed by atoms with van der Waals surface area (Å²) in [6.45, 7) is -0.623. The van der Waals surface area contributed by atoms with Crippen LogP contribution in [0, 0.1) is 11.7 Å². The molecule has 37 heavy (non-hydrogen) atoms. The molecule has 1 amide bonds. The van der Waals surface area contributed by atoms with Gasteiger partial charge in [-0.25, -0.2) is 21.6 Å². The van der Waals surface area contributed by atoms with E-state index in [4.69, 9.17) is 10.5 Å². The van der Waals surface area contributed by atoms with Crippen molar-refractivity contribution in [3.8, 4) is 5.75 Å². The van der Waals surface area contributed by atoms with Gasteiger partial charge in [0.15, 0.2) is 15.6 Å². The van der Waals surface area contributed by atoms with Crippen molar-refractivity contribution >= 4 is 27.2 Å². The second kappa shape index (κ2) is 9.01. The summed E-state index contributed by atoms with van der Waals surface area (Å²) in [5, 5.41) is 0. The van der Waals surface area contributed by atoms with E-state index >= 15 is 0 Å². The lowest BCUT2D eigenvalue weighted by atomic mass is 10.0. The molecule has 14 heteroatoms. The third-order valence-electron chi connectivity index (χ3n) is 6.25. The minimum atomic E-state index is -4.82. The molecule has 1 saturated carbocycles. The molecule has 2 N–H and O–H groups in total. The summed E-state index contributed by atoms with van der Waals surface area (Å²) < 4.78 is 112. The zero-order chi connectivity index (χ0) is 27.5. The van der Waals surface area contributed by atoms with Crippen molar-refractivity contribution in [2.24, 2.45) is 11.7 Å². The number of hydrogen-bond donors (Lipinski definition) is 1. The van der Waals surface area contributed by atoms with Crippen LogP contribution in [0.15, 0.2) is 35.2 Å². The molecule has 0 spiro atoms. The number of ketones is 1. The summed E-state index contributed by atoms with van der Waals surface area (Å²) in [4.78, 5) is 25.7. The molecule has 0 saturated heterocycles. The van der Waals surface area contributed by atoms with Crippen LogP contribution in [0.3, 0.4) is 0 Å². The number of fused-ring (bicyclic) bond motifs is 1. The molecule has 2 aromatic carbocycles. The summed E-state index contributed by atoms with van der Waals surface area (Å²) in [7, 11) is -3.35. The fourth-order valence-corrected chi connectivity index (χ4v) is 5.74. The number of carbonyl (C=O) groups excluding carboxylic acids is 2. The summed E-state index contributed by atoms with van der Waals surface area (Å²) >= 11 is 0. The maximum Gasteiger partial charge on any atom is 0.419 e. The minimum Gasteiger partial charge on any atom is -0.496 e. The van der Waals surface area contributed by atoms with Gasteiger partial charge < -0.3 is 15.4 Å². The first kappa shape index (κ1) is 26.9. The molecule has 200 valence electrons. The number of hydrogen-bond acceptors (Lipinski definition) is 6. The van der Waals surface area contributed by atoms with E-state index in [9.17, 15) is 44.3 Å². The number of methoxy groups -OCH3 is 1. The van der Waals surface area contributed by atoms with Gasteiger partial charge in [-0.05, 0) is 29.8 Å². The van der Waals surface area contributed by atoms with Crippen molar-refractivity contribution in [1.82, 2.24) is 0 Å². The van der Waals surface area contributed by atoms with Crippen LogP contribution in [-0.4, -0.2) is 44.9 Å². The van der Waals surface area contributed by atoms with Crippen LogP contribution >= 0.6 is 0 Å². The number of ether oxygens (including phenoxy) is 1. The van der Waals surface area contributed by atoms with Gasteiger partial charge in [-0.1, -0.05) is 6.07 Å². The van der Waals surface area contributed by atoms with Gasteiger partial charge in [0.2, 0.25) is 5.91 Å². The molecule has 0 aromatic heterocycles. The average molecular weight is 550 g/mol. The Kier molecular flexibility index (Phi) is 6.56. The van der Waals surface area contributed by atoms with Gasteiger partial charge in [0, 0.05) is 18.8 Å². The normalized spacial score (nSPS) is 22.3. The largest absolute Gasteiger partial charge is 0.496 e. The Hall–Kier alpha value is -3.13. The first-order valence-corrected chi connectivity index (χ1v) is 12.5. The van der Waals surface area contributed by atoms with Crippen LogP contribution in [0.5, 0.6) is 5.75 Å². The number of sulfone groups is 1. The molecule has 1 unspecified atom stereocenters. The predicted molar refractivity (Wildman–Crippen MR) is 118 cm³/mol. The molecule has 2 aliphatic rings. The third kappa shape index (κ3) is 5.17.